The van der Waals surface area contributed by atoms with Crippen LogP contribution >= 0.6 is 11.3 Å². The Labute approximate surface area is 105 Å². The van der Waals surface area contributed by atoms with E-state index in [-0.39, 0.29) is 5.91 Å². The number of nitrogens with zero attached hydrogens (tertiary/aromatic N) is 2. The summed E-state index contributed by atoms with van der Waals surface area (Å²) < 4.78 is 0. The van der Waals surface area contributed by atoms with Gasteiger partial charge in [-0.3, -0.25) is 4.79 Å². The molecule has 1 fully saturated rings. The number of amides is 1. The van der Waals surface area contributed by atoms with Gasteiger partial charge < -0.3 is 16.0 Å². The van der Waals surface area contributed by atoms with Gasteiger partial charge in [-0.1, -0.05) is 11.3 Å². The summed E-state index contributed by atoms with van der Waals surface area (Å²) >= 11 is 1.32. The Morgan fingerprint density at radius 1 is 1.65 bits per heavy atom. The number of nitrogens with two attached hydrogens (primary N) is 1. The van der Waals surface area contributed by atoms with E-state index in [9.17, 15) is 4.79 Å². The molecule has 1 saturated carbocycles. The van der Waals surface area contributed by atoms with Gasteiger partial charge in [0.2, 0.25) is 0 Å². The second kappa shape index (κ2) is 4.91. The molecule has 0 bridgehead atoms. The molecule has 17 heavy (non-hydrogen) atoms. The first kappa shape index (κ1) is 12.2. The Morgan fingerprint density at radius 2 is 2.35 bits per heavy atom. The van der Waals surface area contributed by atoms with Crippen LogP contribution in [0.5, 0.6) is 0 Å². The number of thiazole rings is 1. The zero-order chi connectivity index (χ0) is 12.4. The van der Waals surface area contributed by atoms with Crippen LogP contribution in [0.25, 0.3) is 0 Å². The van der Waals surface area contributed by atoms with Gasteiger partial charge in [-0.2, -0.15) is 0 Å². The van der Waals surface area contributed by atoms with Crippen LogP contribution < -0.4 is 11.1 Å². The highest BCUT2D eigenvalue weighted by molar-refractivity contribution is 7.18. The molecule has 0 saturated heterocycles. The Bertz CT molecular complexity index is 414. The van der Waals surface area contributed by atoms with E-state index in [1.165, 1.54) is 24.2 Å². The molecule has 0 spiro atoms. The molecule has 1 aromatic heterocycles. The van der Waals surface area contributed by atoms with Gasteiger partial charge >= 0.3 is 0 Å². The number of hydrogen-bond donors (Lipinski definition) is 2. The minimum absolute atomic E-state index is 0.0101. The van der Waals surface area contributed by atoms with E-state index in [4.69, 9.17) is 5.73 Å². The molecule has 5 nitrogen and oxygen atoms in total. The molecule has 0 atom stereocenters. The Hall–Kier alpha value is -1.30. The third kappa shape index (κ3) is 2.69. The monoisotopic (exact) mass is 254 g/mol. The van der Waals surface area contributed by atoms with Crippen LogP contribution in [0.4, 0.5) is 10.9 Å². The van der Waals surface area contributed by atoms with Crippen LogP contribution in [-0.2, 0) is 0 Å². The van der Waals surface area contributed by atoms with Crippen LogP contribution in [0, 0.1) is 5.92 Å². The van der Waals surface area contributed by atoms with Crippen molar-refractivity contribution in [3.05, 3.63) is 4.88 Å². The van der Waals surface area contributed by atoms with Crippen LogP contribution in [0.15, 0.2) is 0 Å². The highest BCUT2D eigenvalue weighted by Gasteiger charge is 2.28. The lowest BCUT2D eigenvalue weighted by Gasteiger charge is -2.19. The number of nitrogen functional groups attached to an aromatic ring is 1. The van der Waals surface area contributed by atoms with Gasteiger partial charge in [-0.15, -0.1) is 0 Å². The maximum absolute atomic E-state index is 12.3. The van der Waals surface area contributed by atoms with Crippen LogP contribution in [0.2, 0.25) is 0 Å². The van der Waals surface area contributed by atoms with Gasteiger partial charge in [0.05, 0.1) is 0 Å². The van der Waals surface area contributed by atoms with E-state index in [2.05, 4.69) is 10.3 Å². The van der Waals surface area contributed by atoms with Crippen molar-refractivity contribution in [2.75, 3.05) is 31.2 Å². The average Bonchev–Trinajstić information content (AvgIpc) is 3.07. The molecule has 0 unspecified atom stereocenters. The van der Waals surface area contributed by atoms with E-state index in [0.29, 0.717) is 21.7 Å². The molecule has 1 heterocycles. The van der Waals surface area contributed by atoms with Gasteiger partial charge in [0.25, 0.3) is 5.91 Å². The summed E-state index contributed by atoms with van der Waals surface area (Å²) in [4.78, 5) is 18.8. The van der Waals surface area contributed by atoms with Crippen LogP contribution in [0.3, 0.4) is 0 Å². The topological polar surface area (TPSA) is 71.2 Å². The number of carbonyl (C=O) groups excluding carboxylic acids is 1. The van der Waals surface area contributed by atoms with Crippen molar-refractivity contribution in [3.63, 3.8) is 0 Å². The molecule has 0 aromatic carbocycles. The normalized spacial score (nSPS) is 14.7. The van der Waals surface area contributed by atoms with Gasteiger partial charge in [0.15, 0.2) is 5.13 Å². The van der Waals surface area contributed by atoms with E-state index >= 15 is 0 Å². The summed E-state index contributed by atoms with van der Waals surface area (Å²) in [6, 6.07) is 0. The number of aromatic nitrogens is 1. The minimum Gasteiger partial charge on any atom is -0.382 e. The van der Waals surface area contributed by atoms with E-state index < -0.39 is 0 Å². The number of carbonyl (C=O) groups is 1. The van der Waals surface area contributed by atoms with Gasteiger partial charge in [0.1, 0.15) is 10.7 Å². The second-order valence-corrected chi connectivity index (χ2v) is 5.27. The zero-order valence-corrected chi connectivity index (χ0v) is 11.0. The molecule has 1 aliphatic rings. The first-order valence-electron chi connectivity index (χ1n) is 5.89. The molecule has 2 rings (SSSR count). The fourth-order valence-corrected chi connectivity index (χ4v) is 2.51. The van der Waals surface area contributed by atoms with E-state index in [0.717, 1.165) is 13.1 Å². The summed E-state index contributed by atoms with van der Waals surface area (Å²) in [7, 11) is 1.77. The van der Waals surface area contributed by atoms with Gasteiger partial charge in [-0.05, 0) is 25.7 Å². The summed E-state index contributed by atoms with van der Waals surface area (Å²) in [5.41, 5.74) is 5.77. The van der Waals surface area contributed by atoms with Gasteiger partial charge in [0, 0.05) is 20.1 Å². The van der Waals surface area contributed by atoms with Crippen molar-refractivity contribution in [2.45, 2.75) is 19.8 Å². The summed E-state index contributed by atoms with van der Waals surface area (Å²) in [5.74, 6) is 1.03. The standard InChI is InChI=1S/C11H18N4OS/c1-3-15(6-7-4-5-7)10(16)8-9(12)14-11(13-2)17-8/h7H,3-6,12H2,1-2H3,(H,13,14). The molecule has 0 radical (unpaired) electrons. The summed E-state index contributed by atoms with van der Waals surface area (Å²) in [5, 5.41) is 3.60. The highest BCUT2D eigenvalue weighted by atomic mass is 32.1. The van der Waals surface area contributed by atoms with Crippen molar-refractivity contribution >= 4 is 28.2 Å². The first-order chi connectivity index (χ1) is 8.15. The second-order valence-electron chi connectivity index (χ2n) is 4.27. The lowest BCUT2D eigenvalue weighted by molar-refractivity contribution is 0.0762. The molecule has 3 N–H and O–H groups in total. The Kier molecular flexibility index (Phi) is 3.51. The molecule has 0 aliphatic heterocycles. The largest absolute Gasteiger partial charge is 0.382 e. The number of anilines is 2. The van der Waals surface area contributed by atoms with E-state index in [1.807, 2.05) is 11.8 Å². The van der Waals surface area contributed by atoms with Crippen molar-refractivity contribution < 1.29 is 4.79 Å². The van der Waals surface area contributed by atoms with Crippen molar-refractivity contribution in [2.24, 2.45) is 5.92 Å². The first-order valence-corrected chi connectivity index (χ1v) is 6.70. The van der Waals surface area contributed by atoms with Crippen LogP contribution in [-0.4, -0.2) is 35.9 Å². The number of rotatable bonds is 5. The molecule has 6 heteroatoms. The molecular formula is C11H18N4OS. The Morgan fingerprint density at radius 3 is 2.82 bits per heavy atom. The quantitative estimate of drug-likeness (QED) is 0.838. The maximum atomic E-state index is 12.3. The smallest absolute Gasteiger partial charge is 0.267 e. The predicted molar refractivity (Wildman–Crippen MR) is 70.4 cm³/mol. The molecule has 1 aromatic rings. The van der Waals surface area contributed by atoms with Gasteiger partial charge in [-0.25, -0.2) is 4.98 Å². The third-order valence-electron chi connectivity index (χ3n) is 2.91. The number of hydrogen-bond acceptors (Lipinski definition) is 5. The SMILES string of the molecule is CCN(CC1CC1)C(=O)c1sc(NC)nc1N. The predicted octanol–water partition coefficient (Wildman–Crippen LogP) is 1.64. The van der Waals surface area contributed by atoms with Crippen LogP contribution in [0.1, 0.15) is 29.4 Å². The van der Waals surface area contributed by atoms with Crippen molar-refractivity contribution in [1.82, 2.24) is 9.88 Å². The lowest BCUT2D eigenvalue weighted by Crippen LogP contribution is -2.32. The van der Waals surface area contributed by atoms with E-state index in [1.54, 1.807) is 7.05 Å². The average molecular weight is 254 g/mol. The summed E-state index contributed by atoms with van der Waals surface area (Å²) in [6.07, 6.45) is 2.48. The fraction of sp³-hybridized carbons (Fsp3) is 0.636. The highest BCUT2D eigenvalue weighted by Crippen LogP contribution is 2.31. The molecule has 94 valence electrons. The third-order valence-corrected chi connectivity index (χ3v) is 3.98. The minimum atomic E-state index is 0.0101. The maximum Gasteiger partial charge on any atom is 0.267 e. The zero-order valence-electron chi connectivity index (χ0n) is 10.2. The summed E-state index contributed by atoms with van der Waals surface area (Å²) in [6.45, 7) is 3.57. The Balaban J connectivity index is 2.12. The fourth-order valence-electron chi connectivity index (χ4n) is 1.70. The molecule has 1 aliphatic carbocycles. The number of nitrogens with one attached hydrogen (secondary N) is 1. The molecular weight excluding hydrogens is 236 g/mol. The van der Waals surface area contributed by atoms with Crippen molar-refractivity contribution in [1.29, 1.82) is 0 Å². The lowest BCUT2D eigenvalue weighted by atomic mass is 10.3. The van der Waals surface area contributed by atoms with Crippen molar-refractivity contribution in [3.8, 4) is 0 Å². The molecule has 1 amide bonds.